The van der Waals surface area contributed by atoms with E-state index >= 15 is 0 Å². The SMILES string of the molecule is CCc1nnc(NCC2(C3CC3)CC2)c(C(=O)O)c1CC. The summed E-state index contributed by atoms with van der Waals surface area (Å²) in [6, 6.07) is 0. The average Bonchev–Trinajstić information content (AvgIpc) is 3.36. The molecular weight excluding hydrogens is 266 g/mol. The van der Waals surface area contributed by atoms with Crippen molar-refractivity contribution in [3.05, 3.63) is 16.8 Å². The molecule has 1 aromatic rings. The highest BCUT2D eigenvalue weighted by atomic mass is 16.4. The van der Waals surface area contributed by atoms with Gasteiger partial charge in [0.1, 0.15) is 5.56 Å². The topological polar surface area (TPSA) is 75.1 Å². The lowest BCUT2D eigenvalue weighted by Crippen LogP contribution is -2.21. The number of carbonyl (C=O) groups is 1. The Bertz CT molecular complexity index is 563. The van der Waals surface area contributed by atoms with Gasteiger partial charge in [-0.25, -0.2) is 4.79 Å². The maximum Gasteiger partial charge on any atom is 0.339 e. The van der Waals surface area contributed by atoms with E-state index in [9.17, 15) is 9.90 Å². The molecule has 0 aromatic carbocycles. The van der Waals surface area contributed by atoms with Crippen molar-refractivity contribution in [1.82, 2.24) is 10.2 Å². The van der Waals surface area contributed by atoms with Crippen molar-refractivity contribution in [2.45, 2.75) is 52.4 Å². The van der Waals surface area contributed by atoms with Gasteiger partial charge in [-0.15, -0.1) is 5.10 Å². The number of nitrogens with zero attached hydrogens (tertiary/aromatic N) is 2. The van der Waals surface area contributed by atoms with Crippen molar-refractivity contribution in [2.75, 3.05) is 11.9 Å². The molecule has 0 aliphatic heterocycles. The first-order valence-electron chi connectivity index (χ1n) is 7.97. The minimum absolute atomic E-state index is 0.316. The van der Waals surface area contributed by atoms with Crippen LogP contribution in [0.3, 0.4) is 0 Å². The maximum atomic E-state index is 11.6. The molecule has 2 saturated carbocycles. The van der Waals surface area contributed by atoms with Gasteiger partial charge < -0.3 is 10.4 Å². The van der Waals surface area contributed by atoms with Gasteiger partial charge in [-0.05, 0) is 55.4 Å². The highest BCUT2D eigenvalue weighted by Crippen LogP contribution is 2.61. The van der Waals surface area contributed by atoms with Gasteiger partial charge in [-0.3, -0.25) is 0 Å². The normalized spacial score (nSPS) is 19.3. The first kappa shape index (κ1) is 14.3. The Morgan fingerprint density at radius 3 is 2.48 bits per heavy atom. The Morgan fingerprint density at radius 2 is 2.00 bits per heavy atom. The monoisotopic (exact) mass is 289 g/mol. The van der Waals surface area contributed by atoms with Crippen LogP contribution in [0.5, 0.6) is 0 Å². The number of carboxylic acid groups (broad SMARTS) is 1. The molecule has 5 heteroatoms. The van der Waals surface area contributed by atoms with Gasteiger partial charge in [0, 0.05) is 6.54 Å². The number of aromatic nitrogens is 2. The number of aryl methyl sites for hydroxylation is 1. The zero-order chi connectivity index (χ0) is 15.0. The van der Waals surface area contributed by atoms with Crippen LogP contribution in [0.25, 0.3) is 0 Å². The van der Waals surface area contributed by atoms with Crippen LogP contribution in [0, 0.1) is 11.3 Å². The van der Waals surface area contributed by atoms with E-state index in [1.54, 1.807) is 0 Å². The molecule has 0 saturated heterocycles. The third-order valence-corrected chi connectivity index (χ3v) is 5.00. The van der Waals surface area contributed by atoms with Crippen LogP contribution in [-0.2, 0) is 12.8 Å². The third kappa shape index (κ3) is 2.61. The molecule has 1 heterocycles. The molecule has 114 valence electrons. The summed E-state index contributed by atoms with van der Waals surface area (Å²) in [5.41, 5.74) is 2.34. The summed E-state index contributed by atoms with van der Waals surface area (Å²) in [4.78, 5) is 11.6. The van der Waals surface area contributed by atoms with Gasteiger partial charge in [-0.1, -0.05) is 13.8 Å². The lowest BCUT2D eigenvalue weighted by atomic mass is 10.00. The third-order valence-electron chi connectivity index (χ3n) is 5.00. The number of aromatic carboxylic acids is 1. The molecule has 1 aromatic heterocycles. The summed E-state index contributed by atoms with van der Waals surface area (Å²) in [6.45, 7) is 4.79. The number of anilines is 1. The van der Waals surface area contributed by atoms with Crippen molar-refractivity contribution < 1.29 is 9.90 Å². The molecule has 2 aliphatic rings. The molecule has 2 aliphatic carbocycles. The summed E-state index contributed by atoms with van der Waals surface area (Å²) in [6.07, 6.45) is 6.55. The fraction of sp³-hybridized carbons (Fsp3) is 0.688. The number of nitrogens with one attached hydrogen (secondary N) is 1. The van der Waals surface area contributed by atoms with E-state index in [1.165, 1.54) is 25.7 Å². The summed E-state index contributed by atoms with van der Waals surface area (Å²) in [5.74, 6) is 0.380. The minimum atomic E-state index is -0.907. The number of hydrogen-bond donors (Lipinski definition) is 2. The van der Waals surface area contributed by atoms with Crippen molar-refractivity contribution in [1.29, 1.82) is 0 Å². The van der Waals surface area contributed by atoms with Crippen molar-refractivity contribution in [3.63, 3.8) is 0 Å². The lowest BCUT2D eigenvalue weighted by Gasteiger charge is -2.18. The first-order chi connectivity index (χ1) is 10.1. The van der Waals surface area contributed by atoms with Gasteiger partial charge >= 0.3 is 5.97 Å². The summed E-state index contributed by atoms with van der Waals surface area (Å²) < 4.78 is 0. The predicted octanol–water partition coefficient (Wildman–Crippen LogP) is 2.90. The van der Waals surface area contributed by atoms with Gasteiger partial charge in [0.2, 0.25) is 0 Å². The Morgan fingerprint density at radius 1 is 1.29 bits per heavy atom. The Labute approximate surface area is 125 Å². The largest absolute Gasteiger partial charge is 0.478 e. The second kappa shape index (κ2) is 5.28. The summed E-state index contributed by atoms with van der Waals surface area (Å²) in [7, 11) is 0. The smallest absolute Gasteiger partial charge is 0.339 e. The van der Waals surface area contributed by atoms with Gasteiger partial charge in [0.15, 0.2) is 5.82 Å². The number of hydrogen-bond acceptors (Lipinski definition) is 4. The zero-order valence-corrected chi connectivity index (χ0v) is 12.8. The molecule has 5 nitrogen and oxygen atoms in total. The average molecular weight is 289 g/mol. The van der Waals surface area contributed by atoms with Crippen LogP contribution in [0.2, 0.25) is 0 Å². The van der Waals surface area contributed by atoms with E-state index in [0.717, 1.165) is 23.7 Å². The second-order valence-electron chi connectivity index (χ2n) is 6.35. The van der Waals surface area contributed by atoms with E-state index in [2.05, 4.69) is 15.5 Å². The van der Waals surface area contributed by atoms with E-state index in [4.69, 9.17) is 0 Å². The van der Waals surface area contributed by atoms with Crippen molar-refractivity contribution in [2.24, 2.45) is 11.3 Å². The standard InChI is InChI=1S/C16H23N3O2/c1-3-11-12(4-2)18-19-14(13(11)15(20)21)17-9-16(7-8-16)10-5-6-10/h10H,3-9H2,1-2H3,(H,17,19)(H,20,21). The van der Waals surface area contributed by atoms with Crippen LogP contribution in [0.15, 0.2) is 0 Å². The fourth-order valence-electron chi connectivity index (χ4n) is 3.37. The predicted molar refractivity (Wildman–Crippen MR) is 80.6 cm³/mol. The molecule has 0 bridgehead atoms. The quantitative estimate of drug-likeness (QED) is 0.807. The Hall–Kier alpha value is -1.65. The molecular formula is C16H23N3O2. The van der Waals surface area contributed by atoms with Crippen molar-refractivity contribution in [3.8, 4) is 0 Å². The van der Waals surface area contributed by atoms with E-state index in [-0.39, 0.29) is 0 Å². The molecule has 0 atom stereocenters. The molecule has 2 fully saturated rings. The van der Waals surface area contributed by atoms with E-state index < -0.39 is 5.97 Å². The van der Waals surface area contributed by atoms with Crippen LogP contribution < -0.4 is 5.32 Å². The van der Waals surface area contributed by atoms with Crippen LogP contribution in [0.1, 0.15) is 61.1 Å². The van der Waals surface area contributed by atoms with Gasteiger partial charge in [-0.2, -0.15) is 5.10 Å². The molecule has 2 N–H and O–H groups in total. The maximum absolute atomic E-state index is 11.6. The highest BCUT2D eigenvalue weighted by Gasteiger charge is 2.53. The van der Waals surface area contributed by atoms with E-state index in [0.29, 0.717) is 29.6 Å². The molecule has 21 heavy (non-hydrogen) atoms. The van der Waals surface area contributed by atoms with Crippen LogP contribution in [-0.4, -0.2) is 27.8 Å². The molecule has 0 amide bonds. The number of carboxylic acids is 1. The first-order valence-corrected chi connectivity index (χ1v) is 7.97. The second-order valence-corrected chi connectivity index (χ2v) is 6.35. The van der Waals surface area contributed by atoms with Crippen LogP contribution in [0.4, 0.5) is 5.82 Å². The minimum Gasteiger partial charge on any atom is -0.478 e. The summed E-state index contributed by atoms with van der Waals surface area (Å²) in [5, 5.41) is 21.2. The molecule has 0 radical (unpaired) electrons. The van der Waals surface area contributed by atoms with Gasteiger partial charge in [0.05, 0.1) is 5.69 Å². The van der Waals surface area contributed by atoms with Crippen molar-refractivity contribution >= 4 is 11.8 Å². The van der Waals surface area contributed by atoms with Crippen LogP contribution >= 0.6 is 0 Å². The van der Waals surface area contributed by atoms with Gasteiger partial charge in [0.25, 0.3) is 0 Å². The van der Waals surface area contributed by atoms with E-state index in [1.807, 2.05) is 13.8 Å². The summed E-state index contributed by atoms with van der Waals surface area (Å²) >= 11 is 0. The Balaban J connectivity index is 1.85. The molecule has 0 spiro atoms. The zero-order valence-electron chi connectivity index (χ0n) is 12.8. The Kier molecular flexibility index (Phi) is 3.59. The fourth-order valence-corrected chi connectivity index (χ4v) is 3.37. The lowest BCUT2D eigenvalue weighted by molar-refractivity contribution is 0.0696. The highest BCUT2D eigenvalue weighted by molar-refractivity contribution is 5.95. The number of rotatable bonds is 7. The molecule has 0 unspecified atom stereocenters. The molecule has 3 rings (SSSR count).